The number of nitrogens with zero attached hydrogens (tertiary/aromatic N) is 4. The number of aromatic nitrogens is 4. The first-order chi connectivity index (χ1) is 11.0. The van der Waals surface area contributed by atoms with Crippen molar-refractivity contribution < 1.29 is 0 Å². The van der Waals surface area contributed by atoms with Crippen molar-refractivity contribution in [1.29, 1.82) is 0 Å². The molecule has 3 rings (SSSR count). The maximum Gasteiger partial charge on any atom is 0.274 e. The number of fused-ring (bicyclic) bond motifs is 1. The first-order valence-electron chi connectivity index (χ1n) is 7.52. The van der Waals surface area contributed by atoms with Gasteiger partial charge in [-0.2, -0.15) is 9.61 Å². The number of anilines is 3. The minimum Gasteiger partial charge on any atom is -0.373 e. The fourth-order valence-corrected chi connectivity index (χ4v) is 2.46. The second-order valence-electron chi connectivity index (χ2n) is 5.69. The molecular formula is C16H20N6O. The summed E-state index contributed by atoms with van der Waals surface area (Å²) < 4.78 is 3.42. The second-order valence-corrected chi connectivity index (χ2v) is 5.69. The van der Waals surface area contributed by atoms with Crippen LogP contribution in [0.25, 0.3) is 5.65 Å². The lowest BCUT2D eigenvalue weighted by molar-refractivity contribution is 0.580. The largest absolute Gasteiger partial charge is 0.373 e. The highest BCUT2D eigenvalue weighted by molar-refractivity contribution is 5.64. The average Bonchev–Trinajstić information content (AvgIpc) is 2.90. The minimum absolute atomic E-state index is 0.0691. The van der Waals surface area contributed by atoms with Crippen molar-refractivity contribution in [2.24, 2.45) is 0 Å². The predicted octanol–water partition coefficient (Wildman–Crippen LogP) is 2.57. The fraction of sp³-hybridized carbons (Fsp3) is 0.312. The van der Waals surface area contributed by atoms with E-state index in [1.165, 1.54) is 0 Å². The van der Waals surface area contributed by atoms with Gasteiger partial charge in [-0.05, 0) is 32.9 Å². The molecule has 0 spiro atoms. The summed E-state index contributed by atoms with van der Waals surface area (Å²) in [6, 6.07) is 5.54. The van der Waals surface area contributed by atoms with Crippen LogP contribution in [0, 0.1) is 6.92 Å². The zero-order chi connectivity index (χ0) is 16.6. The summed E-state index contributed by atoms with van der Waals surface area (Å²) in [5.41, 5.74) is 2.15. The third kappa shape index (κ3) is 2.65. The number of hydrogen-bond donors (Lipinski definition) is 2. The van der Waals surface area contributed by atoms with Gasteiger partial charge in [0.25, 0.3) is 5.56 Å². The highest BCUT2D eigenvalue weighted by atomic mass is 16.1. The van der Waals surface area contributed by atoms with E-state index in [0.29, 0.717) is 11.5 Å². The molecule has 2 N–H and O–H groups in total. The van der Waals surface area contributed by atoms with Gasteiger partial charge in [0.2, 0.25) is 0 Å². The number of pyridine rings is 1. The van der Waals surface area contributed by atoms with E-state index in [-0.39, 0.29) is 11.6 Å². The number of hydrogen-bond acceptors (Lipinski definition) is 5. The smallest absolute Gasteiger partial charge is 0.274 e. The fourth-order valence-electron chi connectivity index (χ4n) is 2.46. The van der Waals surface area contributed by atoms with Gasteiger partial charge in [0.05, 0.1) is 6.20 Å². The molecule has 3 aromatic rings. The zero-order valence-corrected chi connectivity index (χ0v) is 13.7. The van der Waals surface area contributed by atoms with Crippen LogP contribution in [0.15, 0.2) is 35.4 Å². The van der Waals surface area contributed by atoms with Crippen LogP contribution in [0.2, 0.25) is 0 Å². The van der Waals surface area contributed by atoms with Gasteiger partial charge in [0, 0.05) is 30.9 Å². The molecule has 3 aromatic heterocycles. The molecule has 0 aromatic carbocycles. The quantitative estimate of drug-likeness (QED) is 0.774. The molecule has 7 heteroatoms. The third-order valence-electron chi connectivity index (χ3n) is 3.70. The molecular weight excluding hydrogens is 292 g/mol. The summed E-state index contributed by atoms with van der Waals surface area (Å²) in [7, 11) is 1.82. The number of nitrogens with one attached hydrogen (secondary N) is 2. The molecule has 0 saturated carbocycles. The van der Waals surface area contributed by atoms with Gasteiger partial charge in [-0.15, -0.1) is 0 Å². The molecule has 0 atom stereocenters. The molecule has 0 amide bonds. The summed E-state index contributed by atoms with van der Waals surface area (Å²) >= 11 is 0. The molecule has 0 aliphatic rings. The van der Waals surface area contributed by atoms with Crippen LogP contribution in [0.4, 0.5) is 17.3 Å². The van der Waals surface area contributed by atoms with Crippen LogP contribution < -0.4 is 16.2 Å². The van der Waals surface area contributed by atoms with Crippen molar-refractivity contribution >= 4 is 23.0 Å². The lowest BCUT2D eigenvalue weighted by atomic mass is 10.3. The van der Waals surface area contributed by atoms with Crippen molar-refractivity contribution in [2.75, 3.05) is 17.7 Å². The van der Waals surface area contributed by atoms with Gasteiger partial charge in [-0.25, -0.2) is 4.98 Å². The van der Waals surface area contributed by atoms with E-state index < -0.39 is 0 Å². The van der Waals surface area contributed by atoms with E-state index >= 15 is 0 Å². The predicted molar refractivity (Wildman–Crippen MR) is 91.6 cm³/mol. The average molecular weight is 312 g/mol. The number of aryl methyl sites for hydroxylation is 1. The normalized spacial score (nSPS) is 11.2. The van der Waals surface area contributed by atoms with Crippen LogP contribution in [0.5, 0.6) is 0 Å². The SMILES string of the molecule is CNc1cc(Nc2cccn(C(C)C)c2=O)nc2c(C)cnn12. The van der Waals surface area contributed by atoms with E-state index in [4.69, 9.17) is 0 Å². The molecule has 0 saturated heterocycles. The lowest BCUT2D eigenvalue weighted by Crippen LogP contribution is -2.23. The minimum atomic E-state index is -0.0691. The highest BCUT2D eigenvalue weighted by Crippen LogP contribution is 2.20. The summed E-state index contributed by atoms with van der Waals surface area (Å²) in [4.78, 5) is 17.0. The first-order valence-corrected chi connectivity index (χ1v) is 7.52. The Morgan fingerprint density at radius 1 is 1.30 bits per heavy atom. The Labute approximate surface area is 134 Å². The standard InChI is InChI=1S/C16H20N6O/c1-10(2)21-7-5-6-12(16(21)23)19-13-8-14(17-4)22-15(20-13)11(3)9-18-22/h5-10,17H,1-4H3,(H,19,20). The summed E-state index contributed by atoms with van der Waals surface area (Å²) in [6.45, 7) is 5.90. The first kappa shape index (κ1) is 15.1. The van der Waals surface area contributed by atoms with Gasteiger partial charge < -0.3 is 15.2 Å². The summed E-state index contributed by atoms with van der Waals surface area (Å²) in [6.07, 6.45) is 3.55. The molecule has 0 bridgehead atoms. The van der Waals surface area contributed by atoms with Crippen molar-refractivity contribution in [1.82, 2.24) is 19.2 Å². The van der Waals surface area contributed by atoms with E-state index in [1.54, 1.807) is 27.5 Å². The Morgan fingerprint density at radius 2 is 2.09 bits per heavy atom. The Morgan fingerprint density at radius 3 is 2.78 bits per heavy atom. The van der Waals surface area contributed by atoms with Crippen LogP contribution in [0.3, 0.4) is 0 Å². The maximum absolute atomic E-state index is 12.5. The highest BCUT2D eigenvalue weighted by Gasteiger charge is 2.11. The Balaban J connectivity index is 2.07. The molecule has 0 unspecified atom stereocenters. The molecule has 7 nitrogen and oxygen atoms in total. The molecule has 0 radical (unpaired) electrons. The molecule has 0 aliphatic carbocycles. The van der Waals surface area contributed by atoms with Crippen LogP contribution in [0.1, 0.15) is 25.5 Å². The Kier molecular flexibility index (Phi) is 3.77. The topological polar surface area (TPSA) is 76.2 Å². The second kappa shape index (κ2) is 5.75. The van der Waals surface area contributed by atoms with Crippen molar-refractivity contribution in [3.63, 3.8) is 0 Å². The maximum atomic E-state index is 12.5. The van der Waals surface area contributed by atoms with Crippen LogP contribution in [-0.4, -0.2) is 26.2 Å². The van der Waals surface area contributed by atoms with Crippen molar-refractivity contribution in [2.45, 2.75) is 26.8 Å². The summed E-state index contributed by atoms with van der Waals surface area (Å²) in [5.74, 6) is 1.40. The zero-order valence-electron chi connectivity index (χ0n) is 13.7. The number of rotatable bonds is 4. The van der Waals surface area contributed by atoms with Gasteiger partial charge in [-0.1, -0.05) is 0 Å². The van der Waals surface area contributed by atoms with E-state index in [1.807, 2.05) is 40.0 Å². The van der Waals surface area contributed by atoms with E-state index in [0.717, 1.165) is 17.0 Å². The summed E-state index contributed by atoms with van der Waals surface area (Å²) in [5, 5.41) is 10.5. The molecule has 23 heavy (non-hydrogen) atoms. The van der Waals surface area contributed by atoms with Gasteiger partial charge >= 0.3 is 0 Å². The van der Waals surface area contributed by atoms with Gasteiger partial charge in [0.1, 0.15) is 17.3 Å². The van der Waals surface area contributed by atoms with Crippen LogP contribution in [-0.2, 0) is 0 Å². The van der Waals surface area contributed by atoms with Crippen molar-refractivity contribution in [3.8, 4) is 0 Å². The molecule has 0 fully saturated rings. The molecule has 0 aliphatic heterocycles. The lowest BCUT2D eigenvalue weighted by Gasteiger charge is -2.13. The molecule has 3 heterocycles. The monoisotopic (exact) mass is 312 g/mol. The molecule has 120 valence electrons. The van der Waals surface area contributed by atoms with Gasteiger partial charge in [0.15, 0.2) is 5.65 Å². The van der Waals surface area contributed by atoms with E-state index in [9.17, 15) is 4.79 Å². The third-order valence-corrected chi connectivity index (χ3v) is 3.70. The van der Waals surface area contributed by atoms with E-state index in [2.05, 4.69) is 20.7 Å². The van der Waals surface area contributed by atoms with Crippen molar-refractivity contribution in [3.05, 3.63) is 46.5 Å². The van der Waals surface area contributed by atoms with Crippen LogP contribution >= 0.6 is 0 Å². The Bertz CT molecular complexity index is 909. The Hall–Kier alpha value is -2.83. The van der Waals surface area contributed by atoms with Gasteiger partial charge in [-0.3, -0.25) is 4.79 Å².